The quantitative estimate of drug-likeness (QED) is 0.00922. The fourth-order valence-electron chi connectivity index (χ4n) is 25.4. The molecule has 150 heavy (non-hydrogen) atoms. The van der Waals surface area contributed by atoms with E-state index in [0.29, 0.717) is 37.7 Å². The van der Waals surface area contributed by atoms with Crippen molar-refractivity contribution in [3.63, 3.8) is 0 Å². The number of esters is 3. The Bertz CT molecular complexity index is 4630. The van der Waals surface area contributed by atoms with Gasteiger partial charge in [0, 0.05) is 17.4 Å². The van der Waals surface area contributed by atoms with Crippen LogP contribution in [0.5, 0.6) is 0 Å². The maximum Gasteiger partial charge on any atom is 0.336 e. The third-order valence-electron chi connectivity index (χ3n) is 35.3. The van der Waals surface area contributed by atoms with Crippen molar-refractivity contribution in [1.29, 1.82) is 0 Å². The second-order valence-electron chi connectivity index (χ2n) is 45.7. The largest absolute Gasteiger partial charge is 0.458 e. The van der Waals surface area contributed by atoms with E-state index >= 15 is 9.59 Å². The van der Waals surface area contributed by atoms with Crippen molar-refractivity contribution in [2.24, 2.45) is 50.2 Å². The highest BCUT2D eigenvalue weighted by Crippen LogP contribution is 2.77. The van der Waals surface area contributed by atoms with Crippen molar-refractivity contribution in [2.45, 2.75) is 455 Å². The molecule has 0 aromatic rings. The Morgan fingerprint density at radius 2 is 0.887 bits per heavy atom. The van der Waals surface area contributed by atoms with Crippen LogP contribution in [-0.2, 0) is 109 Å². The first kappa shape index (κ1) is 121. The molecule has 9 aliphatic heterocycles. The van der Waals surface area contributed by atoms with E-state index in [1.165, 1.54) is 52.0 Å². The Labute approximate surface area is 867 Å². The van der Waals surface area contributed by atoms with Crippen LogP contribution in [0.1, 0.15) is 167 Å². The van der Waals surface area contributed by atoms with Crippen molar-refractivity contribution in [3.05, 3.63) is 60.3 Å². The molecular formula is C101H160O49. The summed E-state index contributed by atoms with van der Waals surface area (Å²) in [7, 11) is 0. The molecule has 14 aliphatic rings. The van der Waals surface area contributed by atoms with Crippen LogP contribution in [-0.4, -0.2) is 484 Å². The number of ether oxygens (including phenoxy) is 20. The molecule has 9 saturated heterocycles. The lowest BCUT2D eigenvalue weighted by molar-refractivity contribution is -0.390. The van der Waals surface area contributed by atoms with Crippen LogP contribution in [0.2, 0.25) is 0 Å². The maximum absolute atomic E-state index is 16.9. The molecule has 26 N–H and O–H groups in total. The van der Waals surface area contributed by atoms with E-state index in [0.717, 1.165) is 0 Å². The van der Waals surface area contributed by atoms with E-state index in [9.17, 15) is 138 Å². The molecular weight excluding hydrogens is 2000 g/mol. The molecule has 0 aromatic heterocycles. The van der Waals surface area contributed by atoms with E-state index in [4.69, 9.17) is 94.7 Å². The Kier molecular flexibility index (Phi) is 38.4. The van der Waals surface area contributed by atoms with E-state index in [1.54, 1.807) is 27.7 Å². The highest BCUT2D eigenvalue weighted by molar-refractivity contribution is 5.89. The molecule has 858 valence electrons. The average Bonchev–Trinajstić information content (AvgIpc) is 0.670. The molecule has 0 amide bonds. The second-order valence-corrected chi connectivity index (χ2v) is 45.7. The van der Waals surface area contributed by atoms with E-state index in [1.807, 2.05) is 20.8 Å². The molecule has 4 saturated carbocycles. The fraction of sp³-hybridized carbons (Fsp3) is 0.871. The number of hydrogen-bond donors (Lipinski definition) is 26. The molecule has 0 aromatic carbocycles. The van der Waals surface area contributed by atoms with Gasteiger partial charge in [-0.3, -0.25) is 4.79 Å². The van der Waals surface area contributed by atoms with Gasteiger partial charge in [-0.1, -0.05) is 84.4 Å². The number of carbonyl (C=O) groups excluding carboxylic acids is 3. The number of aliphatic hydroxyl groups is 26. The summed E-state index contributed by atoms with van der Waals surface area (Å²) in [6.07, 6.45) is -67.7. The van der Waals surface area contributed by atoms with Crippen LogP contribution < -0.4 is 0 Å². The molecule has 5 aliphatic carbocycles. The van der Waals surface area contributed by atoms with Crippen molar-refractivity contribution < 1.29 is 242 Å². The summed E-state index contributed by atoms with van der Waals surface area (Å²) in [4.78, 5) is 45.7. The van der Waals surface area contributed by atoms with Crippen LogP contribution in [0.4, 0.5) is 0 Å². The zero-order valence-electron chi connectivity index (χ0n) is 86.5. The summed E-state index contributed by atoms with van der Waals surface area (Å²) in [5.41, 5.74) is -8.73. The second kappa shape index (κ2) is 47.7. The molecule has 1 unspecified atom stereocenters. The summed E-state index contributed by atoms with van der Waals surface area (Å²) in [5.74, 6) is -4.70. The molecule has 0 bridgehead atoms. The monoisotopic (exact) mass is 2160 g/mol. The standard InChI is InChI=1S/C101H160O49/c1-16-96(11,149-89-74(125)65(116)58(109)41(4)134-89)26-18-20-40(3)82(128)143-77-42(5)136-90(75(126)69(77)120)150-97(12,17-2)27-19-21-44(33-102)83(129)141-57-32-101(93(130)148-92-81(68(119)62(113)50(35-104)139-92)147-88-76(127)79(145-87-73(124)66(117)61(112)49(34-103)137-87)78(43(6)135-88)144-86-71(122)63(114)51(36-105)138-86)46(30-94(57,7)8)45-22-23-54-98(13)28-25-56(95(9,10)53(98)24-29-99(54,14)100(45,15)31-55(101)108)142-85-72(123)67(118)64(115)52(140-85)39-133-91-80(60(111)48(107)38-132-91)146-84-70(121)59(110)47(106)37-131-84/h16-17,20-22,41-43,46-81,84-92,102-127H,1-2,18-19,23-39H2,3-15H3/b40-20+,44-21+/t41-,42-,43+,46+,47-,48+,49-,50-,51+,52-,53+,54-,55-,56+,57?,58-,59+,60+,61-,62-,63+,64-,65+,66+,67+,68+,69-,70-,71-,72-,73-,74-,75-,76-,77-,78+,79+,80-,81-,84+,85+,86+,87+,88+,89+,90+,91+,92+,96-,97-,98+,99-,100-,101-/m1/s1. The number of aliphatic hydroxyl groups excluding tert-OH is 26. The van der Waals surface area contributed by atoms with Gasteiger partial charge in [0.2, 0.25) is 6.29 Å². The minimum Gasteiger partial charge on any atom is -0.458 e. The van der Waals surface area contributed by atoms with Gasteiger partial charge in [0.05, 0.1) is 93.5 Å². The zero-order chi connectivity index (χ0) is 110. The van der Waals surface area contributed by atoms with Gasteiger partial charge in [0.15, 0.2) is 62.5 Å². The van der Waals surface area contributed by atoms with E-state index in [-0.39, 0.29) is 61.5 Å². The van der Waals surface area contributed by atoms with Crippen LogP contribution >= 0.6 is 0 Å². The first-order valence-electron chi connectivity index (χ1n) is 51.8. The van der Waals surface area contributed by atoms with Gasteiger partial charge >= 0.3 is 17.9 Å². The van der Waals surface area contributed by atoms with E-state index < -0.39 is 397 Å². The molecule has 0 spiro atoms. The van der Waals surface area contributed by atoms with Gasteiger partial charge in [-0.05, 0) is 152 Å². The lowest BCUT2D eigenvalue weighted by Crippen LogP contribution is -2.70. The highest BCUT2D eigenvalue weighted by Gasteiger charge is 2.74. The molecule has 49 nitrogen and oxygen atoms in total. The summed E-state index contributed by atoms with van der Waals surface area (Å²) in [5, 5.41) is 290. The highest BCUT2D eigenvalue weighted by atomic mass is 16.8. The first-order valence-corrected chi connectivity index (χ1v) is 51.8. The fourth-order valence-corrected chi connectivity index (χ4v) is 25.4. The smallest absolute Gasteiger partial charge is 0.336 e. The predicted octanol–water partition coefficient (Wildman–Crippen LogP) is -6.57. The topological polar surface area (TPSA) is 762 Å². The molecule has 54 atom stereocenters. The first-order chi connectivity index (χ1) is 70.3. The number of allylic oxidation sites excluding steroid dienone is 4. The van der Waals surface area contributed by atoms with Crippen LogP contribution in [0.3, 0.4) is 0 Å². The SMILES string of the molecule is C=C[C@](C)(CC/C=C(\C)C(=O)O[C@H]1[C@H](O)[C@@H](O)[C@H](O[C@](C)(C=C)CC/C=C(\CO)C(=O)OC2C[C@]3(C(=O)O[C@@H]4O[C@H](CO)[C@@H](O)[C@H](O)[C@H]4O[C@@H]4O[C@@H](C)[C@H](O[C@@H]5O[C@@H](CO)[C@H](O)[C@H]5O)[C@@H](O[C@@H]5O[C@H](CO)[C@@H](O)[C@H](O)[C@H]5O)[C@H]4O)[C@H](O)C[C@]4(C)C(=CC[C@@H]5[C@@]6(C)CC[C@H](O[C@@H]7O[C@H](CO[C@@H]8OC[C@H](O)[C@H](O)[C@H]8O[C@@H]8OC[C@@H](O)[C@H](O)[C@H]8O)[C@@H](O)[C@H](O)[C@H]7O)C(C)(C)[C@@H]6CC[C@]54C)[C@@H]3CC2(C)C)O[C@@H]1C)O[C@@H]1O[C@H](C)[C@@H](O)[C@H](O)[C@H]1O. The third kappa shape index (κ3) is 23.3. The Balaban J connectivity index is 0.715. The molecule has 9 heterocycles. The zero-order valence-corrected chi connectivity index (χ0v) is 86.5. The lowest BCUT2D eigenvalue weighted by Gasteiger charge is -2.72. The number of fused-ring (bicyclic) bond motifs is 7. The number of hydrogen-bond acceptors (Lipinski definition) is 49. The van der Waals surface area contributed by atoms with Crippen molar-refractivity contribution in [2.75, 3.05) is 46.2 Å². The van der Waals surface area contributed by atoms with Gasteiger partial charge in [-0.15, -0.1) is 13.2 Å². The van der Waals surface area contributed by atoms with E-state index in [2.05, 4.69) is 33.1 Å². The summed E-state index contributed by atoms with van der Waals surface area (Å²) in [6.45, 7) is 25.5. The Morgan fingerprint density at radius 3 is 1.48 bits per heavy atom. The minimum atomic E-state index is -2.30. The van der Waals surface area contributed by atoms with Gasteiger partial charge in [0.1, 0.15) is 182 Å². The van der Waals surface area contributed by atoms with Gasteiger partial charge in [-0.25, -0.2) is 9.59 Å². The predicted molar refractivity (Wildman–Crippen MR) is 503 cm³/mol. The van der Waals surface area contributed by atoms with Crippen LogP contribution in [0.15, 0.2) is 60.3 Å². The average molecular weight is 2160 g/mol. The van der Waals surface area contributed by atoms with Gasteiger partial charge in [-0.2, -0.15) is 0 Å². The molecule has 14 rings (SSSR count). The van der Waals surface area contributed by atoms with Crippen molar-refractivity contribution in [3.8, 4) is 0 Å². The Hall–Kier alpha value is -4.61. The molecule has 13 fully saturated rings. The number of carbonyl (C=O) groups is 3. The van der Waals surface area contributed by atoms with Gasteiger partial charge < -0.3 is 228 Å². The molecule has 0 radical (unpaired) electrons. The summed E-state index contributed by atoms with van der Waals surface area (Å²) < 4.78 is 121. The Morgan fingerprint density at radius 1 is 0.427 bits per heavy atom. The summed E-state index contributed by atoms with van der Waals surface area (Å²) in [6, 6.07) is 0. The summed E-state index contributed by atoms with van der Waals surface area (Å²) >= 11 is 0. The number of rotatable bonds is 35. The maximum atomic E-state index is 16.9. The lowest BCUT2D eigenvalue weighted by atomic mass is 9.33. The molecule has 49 heteroatoms. The normalized spacial score (nSPS) is 49.2. The van der Waals surface area contributed by atoms with Crippen molar-refractivity contribution in [1.82, 2.24) is 0 Å². The minimum absolute atomic E-state index is 0.0581. The van der Waals surface area contributed by atoms with Crippen LogP contribution in [0.25, 0.3) is 0 Å². The third-order valence-corrected chi connectivity index (χ3v) is 35.3. The van der Waals surface area contributed by atoms with Gasteiger partial charge in [0.25, 0.3) is 0 Å². The van der Waals surface area contributed by atoms with Crippen LogP contribution in [0, 0.1) is 50.2 Å². The van der Waals surface area contributed by atoms with Crippen molar-refractivity contribution >= 4 is 17.9 Å².